The van der Waals surface area contributed by atoms with Crippen LogP contribution in [0.4, 0.5) is 0 Å². The van der Waals surface area contributed by atoms with E-state index in [4.69, 9.17) is 0 Å². The van der Waals surface area contributed by atoms with Gasteiger partial charge in [0.15, 0.2) is 0 Å². The molecule has 4 heteroatoms. The minimum atomic E-state index is 0.0796. The molecule has 0 amide bonds. The minimum absolute atomic E-state index is 0.0796. The molecule has 1 aromatic heterocycles. The Balaban J connectivity index is 2.24. The summed E-state index contributed by atoms with van der Waals surface area (Å²) in [6, 6.07) is 0. The number of piperidine rings is 1. The first-order chi connectivity index (χ1) is 7.09. The lowest BCUT2D eigenvalue weighted by Gasteiger charge is -2.28. The molecule has 1 fully saturated rings. The molecule has 0 aliphatic carbocycles. The number of aromatic nitrogens is 3. The van der Waals surface area contributed by atoms with Crippen LogP contribution in [0.2, 0.25) is 0 Å². The fraction of sp³-hybridized carbons (Fsp3) is 0.818. The number of hydrogen-bond donors (Lipinski definition) is 1. The van der Waals surface area contributed by atoms with Gasteiger partial charge in [0.2, 0.25) is 0 Å². The van der Waals surface area contributed by atoms with E-state index in [0.29, 0.717) is 5.92 Å². The third kappa shape index (κ3) is 2.20. The summed E-state index contributed by atoms with van der Waals surface area (Å²) >= 11 is 0. The zero-order valence-electron chi connectivity index (χ0n) is 9.82. The zero-order chi connectivity index (χ0) is 10.9. The molecule has 1 unspecified atom stereocenters. The lowest BCUT2D eigenvalue weighted by Crippen LogP contribution is -2.32. The van der Waals surface area contributed by atoms with Gasteiger partial charge in [0.1, 0.15) is 12.2 Å². The molecule has 0 spiro atoms. The van der Waals surface area contributed by atoms with E-state index < -0.39 is 0 Å². The van der Waals surface area contributed by atoms with Crippen LogP contribution in [0.3, 0.4) is 0 Å². The first-order valence-corrected chi connectivity index (χ1v) is 5.70. The first-order valence-electron chi connectivity index (χ1n) is 5.70. The van der Waals surface area contributed by atoms with Crippen LogP contribution in [0.5, 0.6) is 0 Å². The predicted octanol–water partition coefficient (Wildman–Crippen LogP) is 1.50. The fourth-order valence-electron chi connectivity index (χ4n) is 2.11. The molecule has 0 bridgehead atoms. The van der Waals surface area contributed by atoms with E-state index in [1.54, 1.807) is 0 Å². The summed E-state index contributed by atoms with van der Waals surface area (Å²) < 4.78 is 2.20. The van der Waals surface area contributed by atoms with Crippen molar-refractivity contribution in [1.82, 2.24) is 20.1 Å². The summed E-state index contributed by atoms with van der Waals surface area (Å²) in [6.07, 6.45) is 4.31. The second-order valence-corrected chi connectivity index (χ2v) is 5.27. The summed E-state index contributed by atoms with van der Waals surface area (Å²) in [6.45, 7) is 8.75. The average Bonchev–Trinajstić information content (AvgIpc) is 2.67. The maximum Gasteiger partial charge on any atom is 0.137 e. The summed E-state index contributed by atoms with van der Waals surface area (Å²) in [4.78, 5) is 0. The highest BCUT2D eigenvalue weighted by molar-refractivity contribution is 5.02. The quantitative estimate of drug-likeness (QED) is 0.760. The van der Waals surface area contributed by atoms with E-state index in [1.807, 2.05) is 6.33 Å². The van der Waals surface area contributed by atoms with Crippen molar-refractivity contribution in [2.24, 2.45) is 0 Å². The van der Waals surface area contributed by atoms with E-state index in [9.17, 15) is 0 Å². The Morgan fingerprint density at radius 1 is 1.47 bits per heavy atom. The van der Waals surface area contributed by atoms with Crippen molar-refractivity contribution in [1.29, 1.82) is 0 Å². The van der Waals surface area contributed by atoms with Crippen LogP contribution in [-0.2, 0) is 5.54 Å². The molecule has 1 N–H and O–H groups in total. The second-order valence-electron chi connectivity index (χ2n) is 5.27. The number of rotatable bonds is 1. The Kier molecular flexibility index (Phi) is 2.78. The molecule has 15 heavy (non-hydrogen) atoms. The van der Waals surface area contributed by atoms with Crippen LogP contribution < -0.4 is 5.32 Å². The number of nitrogens with one attached hydrogen (secondary N) is 1. The summed E-state index contributed by atoms with van der Waals surface area (Å²) in [5, 5.41) is 11.7. The molecular formula is C11H20N4. The molecule has 2 heterocycles. The number of nitrogens with zero attached hydrogens (tertiary/aromatic N) is 3. The van der Waals surface area contributed by atoms with Gasteiger partial charge in [0.05, 0.1) is 0 Å². The lowest BCUT2D eigenvalue weighted by atomic mass is 9.97. The van der Waals surface area contributed by atoms with Crippen LogP contribution in [0.1, 0.15) is 45.4 Å². The highest BCUT2D eigenvalue weighted by atomic mass is 15.3. The van der Waals surface area contributed by atoms with Crippen LogP contribution in [0.25, 0.3) is 0 Å². The van der Waals surface area contributed by atoms with Crippen molar-refractivity contribution in [3.63, 3.8) is 0 Å². The molecule has 4 nitrogen and oxygen atoms in total. The van der Waals surface area contributed by atoms with Gasteiger partial charge in [-0.25, -0.2) is 0 Å². The smallest absolute Gasteiger partial charge is 0.137 e. The normalized spacial score (nSPS) is 23.0. The van der Waals surface area contributed by atoms with Gasteiger partial charge in [0.25, 0.3) is 0 Å². The molecule has 84 valence electrons. The SMILES string of the molecule is CC(C)(C)n1cnnc1C1CCCNC1. The van der Waals surface area contributed by atoms with Crippen LogP contribution >= 0.6 is 0 Å². The minimum Gasteiger partial charge on any atom is -0.316 e. The van der Waals surface area contributed by atoms with Crippen molar-refractivity contribution in [2.45, 2.75) is 45.1 Å². The van der Waals surface area contributed by atoms with Gasteiger partial charge in [-0.2, -0.15) is 0 Å². The highest BCUT2D eigenvalue weighted by Gasteiger charge is 2.25. The van der Waals surface area contributed by atoms with E-state index in [0.717, 1.165) is 18.9 Å². The number of hydrogen-bond acceptors (Lipinski definition) is 3. The Hall–Kier alpha value is -0.900. The van der Waals surface area contributed by atoms with Gasteiger partial charge in [-0.1, -0.05) is 0 Å². The second kappa shape index (κ2) is 3.93. The van der Waals surface area contributed by atoms with Gasteiger partial charge in [-0.3, -0.25) is 0 Å². The third-order valence-electron chi connectivity index (χ3n) is 2.96. The first kappa shape index (κ1) is 10.6. The maximum atomic E-state index is 4.28. The Morgan fingerprint density at radius 2 is 2.27 bits per heavy atom. The molecule has 2 rings (SSSR count). The Labute approximate surface area is 91.1 Å². The predicted molar refractivity (Wildman–Crippen MR) is 59.9 cm³/mol. The maximum absolute atomic E-state index is 4.28. The summed E-state index contributed by atoms with van der Waals surface area (Å²) in [7, 11) is 0. The average molecular weight is 208 g/mol. The molecule has 1 atom stereocenters. The zero-order valence-corrected chi connectivity index (χ0v) is 9.82. The van der Waals surface area contributed by atoms with Gasteiger partial charge in [0, 0.05) is 18.0 Å². The topological polar surface area (TPSA) is 42.7 Å². The van der Waals surface area contributed by atoms with Gasteiger partial charge >= 0.3 is 0 Å². The van der Waals surface area contributed by atoms with Crippen molar-refractivity contribution in [3.8, 4) is 0 Å². The van der Waals surface area contributed by atoms with E-state index in [2.05, 4.69) is 40.9 Å². The van der Waals surface area contributed by atoms with Gasteiger partial charge in [-0.15, -0.1) is 10.2 Å². The lowest BCUT2D eigenvalue weighted by molar-refractivity contribution is 0.351. The Bertz CT molecular complexity index is 318. The van der Waals surface area contributed by atoms with Crippen molar-refractivity contribution < 1.29 is 0 Å². The van der Waals surface area contributed by atoms with Crippen molar-refractivity contribution >= 4 is 0 Å². The van der Waals surface area contributed by atoms with E-state index in [-0.39, 0.29) is 5.54 Å². The molecule has 0 aromatic carbocycles. The van der Waals surface area contributed by atoms with E-state index in [1.165, 1.54) is 12.8 Å². The fourth-order valence-corrected chi connectivity index (χ4v) is 2.11. The monoisotopic (exact) mass is 208 g/mol. The van der Waals surface area contributed by atoms with E-state index >= 15 is 0 Å². The molecular weight excluding hydrogens is 188 g/mol. The van der Waals surface area contributed by atoms with Crippen LogP contribution in [0.15, 0.2) is 6.33 Å². The summed E-state index contributed by atoms with van der Waals surface area (Å²) in [5.41, 5.74) is 0.0796. The largest absolute Gasteiger partial charge is 0.316 e. The molecule has 1 saturated heterocycles. The van der Waals surface area contributed by atoms with Crippen molar-refractivity contribution in [3.05, 3.63) is 12.2 Å². The third-order valence-corrected chi connectivity index (χ3v) is 2.96. The van der Waals surface area contributed by atoms with Crippen LogP contribution in [-0.4, -0.2) is 27.9 Å². The highest BCUT2D eigenvalue weighted by Crippen LogP contribution is 2.25. The Morgan fingerprint density at radius 3 is 2.87 bits per heavy atom. The van der Waals surface area contributed by atoms with Gasteiger partial charge in [-0.05, 0) is 40.2 Å². The molecule has 0 radical (unpaired) electrons. The standard InChI is InChI=1S/C11H20N4/c1-11(2,3)15-8-13-14-10(15)9-5-4-6-12-7-9/h8-9,12H,4-7H2,1-3H3. The summed E-state index contributed by atoms with van der Waals surface area (Å²) in [5.74, 6) is 1.66. The molecule has 0 saturated carbocycles. The molecule has 1 aliphatic rings. The van der Waals surface area contributed by atoms with Gasteiger partial charge < -0.3 is 9.88 Å². The van der Waals surface area contributed by atoms with Crippen molar-refractivity contribution in [2.75, 3.05) is 13.1 Å². The van der Waals surface area contributed by atoms with Crippen LogP contribution in [0, 0.1) is 0 Å². The molecule has 1 aliphatic heterocycles. The molecule has 1 aromatic rings.